The Kier molecular flexibility index (Phi) is 4.22. The average molecular weight is 297 g/mol. The second-order valence-electron chi connectivity index (χ2n) is 5.45. The van der Waals surface area contributed by atoms with Gasteiger partial charge in [0.25, 0.3) is 0 Å². The van der Waals surface area contributed by atoms with Crippen LogP contribution in [-0.4, -0.2) is 29.2 Å². The highest BCUT2D eigenvalue weighted by Crippen LogP contribution is 2.36. The first-order chi connectivity index (χ1) is 10.7. The summed E-state index contributed by atoms with van der Waals surface area (Å²) in [5, 5.41) is 11.8. The summed E-state index contributed by atoms with van der Waals surface area (Å²) in [7, 11) is 0. The van der Waals surface area contributed by atoms with E-state index in [2.05, 4.69) is 0 Å². The molecule has 0 spiro atoms. The zero-order valence-corrected chi connectivity index (χ0v) is 12.3. The predicted molar refractivity (Wildman–Crippen MR) is 83.2 cm³/mol. The van der Waals surface area contributed by atoms with Crippen molar-refractivity contribution < 1.29 is 14.7 Å². The van der Waals surface area contributed by atoms with Crippen molar-refractivity contribution in [3.8, 4) is 0 Å². The summed E-state index contributed by atoms with van der Waals surface area (Å²) in [6.07, 6.45) is 2.05. The SMILES string of the molecule is O=C(O)C(ON1CCCC1)(c1ccccc1)c1ccccc1. The highest BCUT2D eigenvalue weighted by atomic mass is 16.7. The number of carboxylic acids is 1. The lowest BCUT2D eigenvalue weighted by Gasteiger charge is -2.34. The topological polar surface area (TPSA) is 49.8 Å². The lowest BCUT2D eigenvalue weighted by Crippen LogP contribution is -2.45. The molecule has 0 atom stereocenters. The van der Waals surface area contributed by atoms with Crippen LogP contribution in [0.25, 0.3) is 0 Å². The van der Waals surface area contributed by atoms with Gasteiger partial charge < -0.3 is 5.11 Å². The standard InChI is InChI=1S/C18H19NO3/c20-17(21)18(15-9-3-1-4-10-15,16-11-5-2-6-12-16)22-19-13-7-8-14-19/h1-6,9-12H,7-8,13-14H2,(H,20,21). The molecule has 0 amide bonds. The number of hydrogen-bond donors (Lipinski definition) is 1. The monoisotopic (exact) mass is 297 g/mol. The van der Waals surface area contributed by atoms with Gasteiger partial charge in [-0.1, -0.05) is 60.7 Å². The molecule has 0 saturated carbocycles. The maximum absolute atomic E-state index is 12.3. The lowest BCUT2D eigenvalue weighted by molar-refractivity contribution is -0.233. The molecule has 0 aliphatic carbocycles. The molecule has 0 bridgehead atoms. The highest BCUT2D eigenvalue weighted by Gasteiger charge is 2.46. The van der Waals surface area contributed by atoms with Gasteiger partial charge in [0.2, 0.25) is 5.60 Å². The zero-order chi connectivity index (χ0) is 15.4. The van der Waals surface area contributed by atoms with Gasteiger partial charge in [-0.05, 0) is 12.8 Å². The number of carbonyl (C=O) groups is 1. The summed E-state index contributed by atoms with van der Waals surface area (Å²) in [5.41, 5.74) is -0.256. The number of rotatable bonds is 5. The maximum atomic E-state index is 12.3. The van der Waals surface area contributed by atoms with E-state index in [1.807, 2.05) is 36.4 Å². The average Bonchev–Trinajstić information content (AvgIpc) is 3.07. The normalized spacial score (nSPS) is 15.8. The molecule has 0 aromatic heterocycles. The molecule has 22 heavy (non-hydrogen) atoms. The first-order valence-electron chi connectivity index (χ1n) is 7.52. The molecule has 2 aromatic carbocycles. The molecule has 0 unspecified atom stereocenters. The lowest BCUT2D eigenvalue weighted by atomic mass is 9.86. The molecule has 1 N–H and O–H groups in total. The van der Waals surface area contributed by atoms with Crippen molar-refractivity contribution in [2.24, 2.45) is 0 Å². The number of nitrogens with zero attached hydrogens (tertiary/aromatic N) is 1. The van der Waals surface area contributed by atoms with Gasteiger partial charge in [0.05, 0.1) is 0 Å². The number of hydrogen-bond acceptors (Lipinski definition) is 3. The van der Waals surface area contributed by atoms with Gasteiger partial charge in [0.1, 0.15) is 0 Å². The van der Waals surface area contributed by atoms with Crippen LogP contribution < -0.4 is 0 Å². The van der Waals surface area contributed by atoms with Gasteiger partial charge in [-0.25, -0.2) is 4.79 Å². The molecule has 1 heterocycles. The second kappa shape index (κ2) is 6.30. The Morgan fingerprint density at radius 2 is 1.36 bits per heavy atom. The van der Waals surface area contributed by atoms with Crippen LogP contribution in [0.1, 0.15) is 24.0 Å². The van der Waals surface area contributed by atoms with Crippen molar-refractivity contribution >= 4 is 5.97 Å². The molecule has 3 rings (SSSR count). The van der Waals surface area contributed by atoms with Crippen molar-refractivity contribution in [3.63, 3.8) is 0 Å². The second-order valence-corrected chi connectivity index (χ2v) is 5.45. The van der Waals surface area contributed by atoms with Gasteiger partial charge in [0.15, 0.2) is 0 Å². The van der Waals surface area contributed by atoms with E-state index in [9.17, 15) is 9.90 Å². The van der Waals surface area contributed by atoms with Crippen LogP contribution in [0.5, 0.6) is 0 Å². The van der Waals surface area contributed by atoms with E-state index < -0.39 is 11.6 Å². The molecule has 4 heteroatoms. The van der Waals surface area contributed by atoms with Crippen LogP contribution in [0, 0.1) is 0 Å². The van der Waals surface area contributed by atoms with E-state index in [4.69, 9.17) is 4.84 Å². The van der Waals surface area contributed by atoms with Gasteiger partial charge in [-0.2, -0.15) is 5.06 Å². The van der Waals surface area contributed by atoms with Crippen molar-refractivity contribution in [1.82, 2.24) is 5.06 Å². The summed E-state index contributed by atoms with van der Waals surface area (Å²) in [6.45, 7) is 1.52. The number of hydroxylamine groups is 2. The van der Waals surface area contributed by atoms with Crippen LogP contribution in [0.2, 0.25) is 0 Å². The number of carboxylic acid groups (broad SMARTS) is 1. The van der Waals surface area contributed by atoms with Crippen LogP contribution in [-0.2, 0) is 15.2 Å². The molecule has 1 aliphatic rings. The largest absolute Gasteiger partial charge is 0.479 e. The molecule has 114 valence electrons. The van der Waals surface area contributed by atoms with Crippen molar-refractivity contribution in [2.75, 3.05) is 13.1 Å². The molecule has 1 aliphatic heterocycles. The van der Waals surface area contributed by atoms with Crippen LogP contribution in [0.3, 0.4) is 0 Å². The Labute approximate surface area is 129 Å². The number of aliphatic carboxylic acids is 1. The van der Waals surface area contributed by atoms with E-state index in [-0.39, 0.29) is 0 Å². The van der Waals surface area contributed by atoms with E-state index in [1.54, 1.807) is 29.3 Å². The third-order valence-corrected chi connectivity index (χ3v) is 3.99. The van der Waals surface area contributed by atoms with Crippen molar-refractivity contribution in [3.05, 3.63) is 71.8 Å². The fraction of sp³-hybridized carbons (Fsp3) is 0.278. The van der Waals surface area contributed by atoms with E-state index in [0.717, 1.165) is 25.9 Å². The molecule has 0 radical (unpaired) electrons. The Balaban J connectivity index is 2.12. The summed E-state index contributed by atoms with van der Waals surface area (Å²) in [4.78, 5) is 18.3. The predicted octanol–water partition coefficient (Wildman–Crippen LogP) is 3.04. The van der Waals surface area contributed by atoms with Crippen LogP contribution in [0.15, 0.2) is 60.7 Å². The fourth-order valence-electron chi connectivity index (χ4n) is 2.88. The minimum absolute atomic E-state index is 0.626. The Hall–Kier alpha value is -2.17. The summed E-state index contributed by atoms with van der Waals surface area (Å²) in [5.74, 6) is -1.00. The minimum Gasteiger partial charge on any atom is -0.479 e. The third kappa shape index (κ3) is 2.63. The van der Waals surface area contributed by atoms with Gasteiger partial charge >= 0.3 is 5.97 Å². The first kappa shape index (κ1) is 14.8. The van der Waals surface area contributed by atoms with E-state index >= 15 is 0 Å². The summed E-state index contributed by atoms with van der Waals surface area (Å²) in [6, 6.07) is 18.3. The Bertz CT molecular complexity index is 582. The van der Waals surface area contributed by atoms with Gasteiger partial charge in [-0.3, -0.25) is 4.84 Å². The smallest absolute Gasteiger partial charge is 0.347 e. The molecule has 1 saturated heterocycles. The fourth-order valence-corrected chi connectivity index (χ4v) is 2.88. The van der Waals surface area contributed by atoms with Gasteiger partial charge in [-0.15, -0.1) is 0 Å². The molecule has 4 nitrogen and oxygen atoms in total. The molecule has 2 aromatic rings. The van der Waals surface area contributed by atoms with Crippen LogP contribution >= 0.6 is 0 Å². The molecular weight excluding hydrogens is 278 g/mol. The highest BCUT2D eigenvalue weighted by molar-refractivity contribution is 5.84. The zero-order valence-electron chi connectivity index (χ0n) is 12.3. The summed E-state index contributed by atoms with van der Waals surface area (Å²) >= 11 is 0. The van der Waals surface area contributed by atoms with Crippen LogP contribution in [0.4, 0.5) is 0 Å². The first-order valence-corrected chi connectivity index (χ1v) is 7.52. The Morgan fingerprint density at radius 1 is 0.909 bits per heavy atom. The summed E-state index contributed by atoms with van der Waals surface area (Å²) < 4.78 is 0. The molecular formula is C18H19NO3. The minimum atomic E-state index is -1.51. The van der Waals surface area contributed by atoms with E-state index in [1.165, 1.54) is 0 Å². The third-order valence-electron chi connectivity index (χ3n) is 3.99. The van der Waals surface area contributed by atoms with Crippen molar-refractivity contribution in [2.45, 2.75) is 18.4 Å². The van der Waals surface area contributed by atoms with Gasteiger partial charge in [0, 0.05) is 24.2 Å². The van der Waals surface area contributed by atoms with Crippen molar-refractivity contribution in [1.29, 1.82) is 0 Å². The quantitative estimate of drug-likeness (QED) is 0.921. The Morgan fingerprint density at radius 3 is 1.77 bits per heavy atom. The number of benzene rings is 2. The molecule has 1 fully saturated rings. The maximum Gasteiger partial charge on any atom is 0.347 e. The van der Waals surface area contributed by atoms with E-state index in [0.29, 0.717) is 11.1 Å².